The first kappa shape index (κ1) is 23.4. The van der Waals surface area contributed by atoms with Crippen LogP contribution in [0.5, 0.6) is 5.75 Å². The van der Waals surface area contributed by atoms with Crippen LogP contribution < -0.4 is 15.4 Å². The van der Waals surface area contributed by atoms with Crippen molar-refractivity contribution in [2.45, 2.75) is 13.8 Å². The van der Waals surface area contributed by atoms with Gasteiger partial charge in [0, 0.05) is 36.0 Å². The Labute approximate surface area is 189 Å². The van der Waals surface area contributed by atoms with Crippen LogP contribution in [0.4, 0.5) is 15.9 Å². The Hall–Kier alpha value is -3.30. The third-order valence-electron chi connectivity index (χ3n) is 4.62. The molecule has 0 bridgehead atoms. The second-order valence-electron chi connectivity index (χ2n) is 7.79. The Balaban J connectivity index is 1.93. The van der Waals surface area contributed by atoms with Gasteiger partial charge in [0.2, 0.25) is 0 Å². The lowest BCUT2D eigenvalue weighted by molar-refractivity contribution is 0.0911. The Kier molecular flexibility index (Phi) is 7.22. The molecule has 168 valence electrons. The fourth-order valence-electron chi connectivity index (χ4n) is 2.69. The van der Waals surface area contributed by atoms with Crippen molar-refractivity contribution in [1.82, 2.24) is 20.3 Å². The van der Waals surface area contributed by atoms with Crippen molar-refractivity contribution in [3.8, 4) is 17.1 Å². The number of aliphatic hydroxyl groups excluding tert-OH is 1. The molecule has 0 atom stereocenters. The number of halogens is 2. The molecule has 0 radical (unpaired) electrons. The van der Waals surface area contributed by atoms with Gasteiger partial charge in [0.05, 0.1) is 30.1 Å². The molecule has 0 unspecified atom stereocenters. The van der Waals surface area contributed by atoms with Crippen LogP contribution in [0.3, 0.4) is 0 Å². The molecule has 3 aromatic rings. The molecule has 2 heterocycles. The molecular weight excluding hydrogens is 437 g/mol. The number of anilines is 2. The third kappa shape index (κ3) is 5.49. The van der Waals surface area contributed by atoms with Gasteiger partial charge in [-0.05, 0) is 24.3 Å². The van der Waals surface area contributed by atoms with E-state index in [1.54, 1.807) is 6.07 Å². The molecule has 1 aromatic carbocycles. The van der Waals surface area contributed by atoms with Crippen molar-refractivity contribution in [2.24, 2.45) is 5.41 Å². The summed E-state index contributed by atoms with van der Waals surface area (Å²) in [6, 6.07) is 5.70. The maximum absolute atomic E-state index is 14.3. The minimum absolute atomic E-state index is 0.0770. The summed E-state index contributed by atoms with van der Waals surface area (Å²) in [6.07, 6.45) is 4.33. The van der Waals surface area contributed by atoms with Crippen molar-refractivity contribution in [2.75, 3.05) is 25.6 Å². The highest BCUT2D eigenvalue weighted by molar-refractivity contribution is 6.30. The Bertz CT molecular complexity index is 1130. The van der Waals surface area contributed by atoms with Crippen LogP contribution in [0, 0.1) is 11.2 Å². The summed E-state index contributed by atoms with van der Waals surface area (Å²) in [5.74, 6) is -0.288. The van der Waals surface area contributed by atoms with Crippen molar-refractivity contribution < 1.29 is 19.0 Å². The number of aromatic nitrogens is 3. The fourth-order valence-corrected chi connectivity index (χ4v) is 2.86. The van der Waals surface area contributed by atoms with Gasteiger partial charge in [-0.1, -0.05) is 25.4 Å². The fraction of sp³-hybridized carbons (Fsp3) is 0.273. The monoisotopic (exact) mass is 459 g/mol. The van der Waals surface area contributed by atoms with Gasteiger partial charge < -0.3 is 20.5 Å². The van der Waals surface area contributed by atoms with Crippen molar-refractivity contribution >= 4 is 29.0 Å². The number of carbonyl (C=O) groups excluding carboxylic acids is 1. The number of ether oxygens (including phenoxy) is 1. The number of nitrogens with one attached hydrogen (secondary N) is 2. The van der Waals surface area contributed by atoms with E-state index in [1.807, 2.05) is 13.8 Å². The number of hydrogen-bond donors (Lipinski definition) is 3. The third-order valence-corrected chi connectivity index (χ3v) is 4.85. The molecule has 0 saturated carbocycles. The van der Waals surface area contributed by atoms with E-state index in [0.717, 1.165) is 0 Å². The zero-order chi connectivity index (χ0) is 23.3. The van der Waals surface area contributed by atoms with E-state index in [9.17, 15) is 14.3 Å². The molecule has 0 aliphatic rings. The van der Waals surface area contributed by atoms with E-state index >= 15 is 0 Å². The standard InChI is InChI=1S/C22H23ClFN5O3/c1-22(2,12-30)11-27-21(31)15-9-25-7-6-17(15)28-20-18(32-3)10-26-19(29-20)14-8-13(23)4-5-16(14)24/h4-10,30H,11-12H2,1-3H3,(H,27,31)(H,25,26,28,29). The summed E-state index contributed by atoms with van der Waals surface area (Å²) in [5.41, 5.74) is 0.324. The van der Waals surface area contributed by atoms with Gasteiger partial charge >= 0.3 is 0 Å². The number of methoxy groups -OCH3 is 1. The van der Waals surface area contributed by atoms with Crippen LogP contribution in [-0.2, 0) is 0 Å². The number of carbonyl (C=O) groups is 1. The summed E-state index contributed by atoms with van der Waals surface area (Å²) in [6.45, 7) is 3.86. The maximum atomic E-state index is 14.3. The second-order valence-corrected chi connectivity index (χ2v) is 8.22. The first-order chi connectivity index (χ1) is 15.2. The Morgan fingerprint density at radius 3 is 2.78 bits per heavy atom. The van der Waals surface area contributed by atoms with Crippen LogP contribution in [-0.4, -0.2) is 46.2 Å². The predicted octanol–water partition coefficient (Wildman–Crippen LogP) is 3.83. The molecule has 0 fully saturated rings. The van der Waals surface area contributed by atoms with Crippen LogP contribution in [0.2, 0.25) is 5.02 Å². The lowest BCUT2D eigenvalue weighted by Crippen LogP contribution is -2.36. The van der Waals surface area contributed by atoms with E-state index in [4.69, 9.17) is 16.3 Å². The molecule has 0 spiro atoms. The minimum atomic E-state index is -0.527. The Morgan fingerprint density at radius 1 is 1.28 bits per heavy atom. The molecule has 0 aliphatic carbocycles. The summed E-state index contributed by atoms with van der Waals surface area (Å²) < 4.78 is 19.6. The van der Waals surface area contributed by atoms with E-state index in [1.165, 1.54) is 43.9 Å². The number of pyridine rings is 1. The normalized spacial score (nSPS) is 11.2. The molecule has 32 heavy (non-hydrogen) atoms. The van der Waals surface area contributed by atoms with Gasteiger partial charge in [0.15, 0.2) is 17.4 Å². The predicted molar refractivity (Wildman–Crippen MR) is 120 cm³/mol. The average Bonchev–Trinajstić information content (AvgIpc) is 2.79. The lowest BCUT2D eigenvalue weighted by Gasteiger charge is -2.22. The van der Waals surface area contributed by atoms with Crippen molar-refractivity contribution in [3.05, 3.63) is 59.3 Å². The smallest absolute Gasteiger partial charge is 0.254 e. The van der Waals surface area contributed by atoms with E-state index in [2.05, 4.69) is 25.6 Å². The number of nitrogens with zero attached hydrogens (tertiary/aromatic N) is 3. The summed E-state index contributed by atoms with van der Waals surface area (Å²) in [4.78, 5) is 25.3. The van der Waals surface area contributed by atoms with Gasteiger partial charge in [-0.25, -0.2) is 14.4 Å². The first-order valence-electron chi connectivity index (χ1n) is 9.70. The van der Waals surface area contributed by atoms with Gasteiger partial charge in [-0.15, -0.1) is 0 Å². The van der Waals surface area contributed by atoms with Gasteiger partial charge in [-0.3, -0.25) is 9.78 Å². The number of aliphatic hydroxyl groups is 1. The van der Waals surface area contributed by atoms with Crippen LogP contribution >= 0.6 is 11.6 Å². The number of amides is 1. The summed E-state index contributed by atoms with van der Waals surface area (Å²) in [5, 5.41) is 15.6. The molecule has 3 N–H and O–H groups in total. The highest BCUT2D eigenvalue weighted by Gasteiger charge is 2.20. The van der Waals surface area contributed by atoms with Crippen LogP contribution in [0.15, 0.2) is 42.9 Å². The molecular formula is C22H23ClFN5O3. The maximum Gasteiger partial charge on any atom is 0.254 e. The molecule has 3 rings (SSSR count). The van der Waals surface area contributed by atoms with Gasteiger partial charge in [0.1, 0.15) is 5.82 Å². The largest absolute Gasteiger partial charge is 0.491 e. The zero-order valence-electron chi connectivity index (χ0n) is 17.8. The van der Waals surface area contributed by atoms with E-state index in [-0.39, 0.29) is 41.8 Å². The molecule has 0 aliphatic heterocycles. The van der Waals surface area contributed by atoms with E-state index in [0.29, 0.717) is 16.5 Å². The number of hydrogen-bond acceptors (Lipinski definition) is 7. The quantitative estimate of drug-likeness (QED) is 0.469. The topological polar surface area (TPSA) is 109 Å². The SMILES string of the molecule is COc1cnc(-c2cc(Cl)ccc2F)nc1Nc1ccncc1C(=O)NCC(C)(C)CO. The molecule has 10 heteroatoms. The second kappa shape index (κ2) is 9.88. The summed E-state index contributed by atoms with van der Waals surface area (Å²) >= 11 is 5.99. The first-order valence-corrected chi connectivity index (χ1v) is 10.1. The van der Waals surface area contributed by atoms with Crippen molar-refractivity contribution in [1.29, 1.82) is 0 Å². The molecule has 1 amide bonds. The highest BCUT2D eigenvalue weighted by Crippen LogP contribution is 2.30. The summed E-state index contributed by atoms with van der Waals surface area (Å²) in [7, 11) is 1.45. The lowest BCUT2D eigenvalue weighted by atomic mass is 9.95. The van der Waals surface area contributed by atoms with Gasteiger partial charge in [0.25, 0.3) is 5.91 Å². The number of benzene rings is 1. The molecule has 2 aromatic heterocycles. The minimum Gasteiger partial charge on any atom is -0.491 e. The zero-order valence-corrected chi connectivity index (χ0v) is 18.6. The van der Waals surface area contributed by atoms with Crippen LogP contribution in [0.1, 0.15) is 24.2 Å². The molecule has 0 saturated heterocycles. The van der Waals surface area contributed by atoms with E-state index < -0.39 is 11.2 Å². The Morgan fingerprint density at radius 2 is 2.06 bits per heavy atom. The average molecular weight is 460 g/mol. The molecule has 8 nitrogen and oxygen atoms in total. The highest BCUT2D eigenvalue weighted by atomic mass is 35.5. The van der Waals surface area contributed by atoms with Crippen molar-refractivity contribution in [3.63, 3.8) is 0 Å². The van der Waals surface area contributed by atoms with Gasteiger partial charge in [-0.2, -0.15) is 0 Å². The van der Waals surface area contributed by atoms with Crippen LogP contribution in [0.25, 0.3) is 11.4 Å². The number of rotatable bonds is 8.